The molecule has 0 N–H and O–H groups in total. The second-order valence-electron chi connectivity index (χ2n) is 0. The molecule has 7 heteroatoms. The van der Waals surface area contributed by atoms with Gasteiger partial charge in [0.15, 0.2) is 0 Å². The maximum atomic E-state index is 0. The molecule has 8 heavy (non-hydrogen) atoms. The Kier molecular flexibility index (Phi) is 1320. The van der Waals surface area contributed by atoms with Crippen LogP contribution in [0.25, 0.3) is 0 Å². The van der Waals surface area contributed by atoms with Crippen LogP contribution in [0, 0.1) is 0 Å². The molecular formula is CH4CrFeMnNiPSSi. The molecule has 0 aromatic carbocycles. The molecule has 0 heterocycles. The minimum absolute atomic E-state index is 0. The molecule has 54 valence electrons. The molecule has 0 bridgehead atoms. The molecule has 0 rings (SSSR count). The first kappa shape index (κ1) is 119. The van der Waals surface area contributed by atoms with Crippen LogP contribution in [0.3, 0.4) is 0 Å². The van der Waals surface area contributed by atoms with Gasteiger partial charge >= 0.3 is 0 Å². The van der Waals surface area contributed by atoms with E-state index in [4.69, 9.17) is 0 Å². The molecule has 0 unspecified atom stereocenters. The van der Waals surface area contributed by atoms with Gasteiger partial charge in [0.25, 0.3) is 0 Å². The fourth-order valence-corrected chi connectivity index (χ4v) is 0. The Bertz CT molecular complexity index is 24.0. The van der Waals surface area contributed by atoms with Crippen LogP contribution < -0.4 is 0 Å². The quantitative estimate of drug-likeness (QED) is 0.469. The Labute approximate surface area is 109 Å². The number of hydrogen-bond donors (Lipinski definition) is 0. The van der Waals surface area contributed by atoms with Crippen LogP contribution in [0.4, 0.5) is 0 Å². The smallest absolute Gasteiger partial charge is 0 e. The molecule has 0 aliphatic rings. The third kappa shape index (κ3) is 62.8. The number of hydrogen-bond acceptors (Lipinski definition) is 0. The second kappa shape index (κ2) is 88.1. The Hall–Kier alpha value is 3.06. The van der Waals surface area contributed by atoms with Gasteiger partial charge in [0, 0.05) is 102 Å². The SMILES string of the molecule is C.[Cr].[Fe].[Mn].[Ni].[P].[S].[Si]. The van der Waals surface area contributed by atoms with Crippen molar-refractivity contribution in [1.82, 2.24) is 0 Å². The van der Waals surface area contributed by atoms with E-state index in [1.54, 1.807) is 0 Å². The van der Waals surface area contributed by atoms with Crippen molar-refractivity contribution in [2.75, 3.05) is 0 Å². The molecule has 0 fully saturated rings. The largest absolute Gasteiger partial charge is 0.0776 e. The van der Waals surface area contributed by atoms with E-state index in [1.807, 2.05) is 0 Å². The standard InChI is InChI=1S/CH4.Cr.Fe.Mn.Ni.P.S.Si/h1H4;;;;;;;. The first-order valence-corrected chi connectivity index (χ1v) is 0. The minimum Gasteiger partial charge on any atom is -0.0776 e. The van der Waals surface area contributed by atoms with E-state index in [1.165, 1.54) is 0 Å². The Morgan fingerprint density at radius 3 is 1.00 bits per heavy atom. The van der Waals surface area contributed by atoms with Crippen LogP contribution in [-0.4, -0.2) is 11.0 Å². The summed E-state index contributed by atoms with van der Waals surface area (Å²) in [6, 6.07) is 0. The van der Waals surface area contributed by atoms with E-state index in [0.29, 0.717) is 0 Å². The normalized spacial score (nSPS) is 0. The van der Waals surface area contributed by atoms with Gasteiger partial charge in [0.2, 0.25) is 0 Å². The van der Waals surface area contributed by atoms with Gasteiger partial charge in [-0.2, -0.15) is 0 Å². The molecule has 0 nitrogen and oxygen atoms in total. The molecular weight excluding hydrogens is 325 g/mol. The van der Waals surface area contributed by atoms with Gasteiger partial charge in [-0.25, -0.2) is 0 Å². The maximum Gasteiger partial charge on any atom is 0 e. The van der Waals surface area contributed by atoms with Crippen molar-refractivity contribution in [3.63, 3.8) is 0 Å². The van der Waals surface area contributed by atoms with Crippen molar-refractivity contribution >= 4 is 34.4 Å². The molecule has 0 spiro atoms. The van der Waals surface area contributed by atoms with Crippen molar-refractivity contribution in [2.45, 2.75) is 7.43 Å². The number of rotatable bonds is 0. The van der Waals surface area contributed by atoms with Crippen LogP contribution in [0.15, 0.2) is 0 Å². The van der Waals surface area contributed by atoms with Gasteiger partial charge in [0.1, 0.15) is 0 Å². The molecule has 0 aromatic heterocycles. The third-order valence-corrected chi connectivity index (χ3v) is 0. The van der Waals surface area contributed by atoms with Crippen LogP contribution in [-0.2, 0) is 68.0 Å². The van der Waals surface area contributed by atoms with Gasteiger partial charge in [-0.15, -0.1) is 0 Å². The molecule has 0 saturated carbocycles. The molecule has 10 radical (unpaired) electrons. The summed E-state index contributed by atoms with van der Waals surface area (Å²) in [5.41, 5.74) is 0. The summed E-state index contributed by atoms with van der Waals surface area (Å²) in [6.07, 6.45) is 0. The molecule has 0 amide bonds. The monoisotopic (exact) mass is 328 g/mol. The van der Waals surface area contributed by atoms with E-state index in [-0.39, 0.29) is 110 Å². The van der Waals surface area contributed by atoms with Gasteiger partial charge < -0.3 is 0 Å². The maximum absolute atomic E-state index is 0. The van der Waals surface area contributed by atoms with Crippen molar-refractivity contribution in [3.05, 3.63) is 0 Å². The summed E-state index contributed by atoms with van der Waals surface area (Å²) in [6.45, 7) is 0. The minimum atomic E-state index is 0. The van der Waals surface area contributed by atoms with Crippen LogP contribution in [0.5, 0.6) is 0 Å². The van der Waals surface area contributed by atoms with Crippen molar-refractivity contribution in [3.8, 4) is 0 Å². The average molecular weight is 329 g/mol. The average Bonchev–Trinajstić information content (AvgIpc) is 0. The van der Waals surface area contributed by atoms with Gasteiger partial charge in [-0.3, -0.25) is 0 Å². The van der Waals surface area contributed by atoms with Crippen molar-refractivity contribution in [2.24, 2.45) is 0 Å². The fourth-order valence-electron chi connectivity index (χ4n) is 0. The predicted molar refractivity (Wildman–Crippen MR) is 27.0 cm³/mol. The molecule has 0 saturated heterocycles. The van der Waals surface area contributed by atoms with E-state index in [0.717, 1.165) is 0 Å². The molecule has 0 aliphatic carbocycles. The van der Waals surface area contributed by atoms with Crippen molar-refractivity contribution in [1.29, 1.82) is 0 Å². The zero-order valence-corrected chi connectivity index (χ0v) is 10.1. The van der Waals surface area contributed by atoms with Crippen LogP contribution in [0.1, 0.15) is 7.43 Å². The topological polar surface area (TPSA) is 0 Å². The van der Waals surface area contributed by atoms with E-state index in [2.05, 4.69) is 0 Å². The molecule has 0 atom stereocenters. The second-order valence-corrected chi connectivity index (χ2v) is 0. The fraction of sp³-hybridized carbons (Fsp3) is 1.00. The predicted octanol–water partition coefficient (Wildman–Crippen LogP) is 1.75. The zero-order chi connectivity index (χ0) is 0. The summed E-state index contributed by atoms with van der Waals surface area (Å²) in [7, 11) is 0. The van der Waals surface area contributed by atoms with Crippen molar-refractivity contribution < 1.29 is 68.0 Å². The van der Waals surface area contributed by atoms with E-state index >= 15 is 0 Å². The first-order chi connectivity index (χ1) is 0. The summed E-state index contributed by atoms with van der Waals surface area (Å²) >= 11 is 0. The Balaban J connectivity index is 0. The van der Waals surface area contributed by atoms with Gasteiger partial charge in [-0.05, 0) is 0 Å². The Morgan fingerprint density at radius 2 is 1.00 bits per heavy atom. The van der Waals surface area contributed by atoms with Gasteiger partial charge in [0.05, 0.1) is 0 Å². The van der Waals surface area contributed by atoms with E-state index < -0.39 is 0 Å². The Morgan fingerprint density at radius 1 is 1.00 bits per heavy atom. The van der Waals surface area contributed by atoms with E-state index in [9.17, 15) is 0 Å². The van der Waals surface area contributed by atoms with Crippen LogP contribution in [0.2, 0.25) is 0 Å². The summed E-state index contributed by atoms with van der Waals surface area (Å²) in [5, 5.41) is 0. The summed E-state index contributed by atoms with van der Waals surface area (Å²) in [5.74, 6) is 0. The van der Waals surface area contributed by atoms with Crippen LogP contribution >= 0.6 is 23.4 Å². The zero-order valence-electron chi connectivity index (χ0n) is 2.81. The summed E-state index contributed by atoms with van der Waals surface area (Å²) in [4.78, 5) is 0. The first-order valence-electron chi connectivity index (χ1n) is 0. The third-order valence-electron chi connectivity index (χ3n) is 0. The molecule has 0 aromatic rings. The molecule has 0 aliphatic heterocycles. The van der Waals surface area contributed by atoms with Gasteiger partial charge in [-0.1, -0.05) is 7.43 Å². The summed E-state index contributed by atoms with van der Waals surface area (Å²) < 4.78 is 0.